The Morgan fingerprint density at radius 3 is 3.06 bits per heavy atom. The van der Waals surface area contributed by atoms with E-state index < -0.39 is 0 Å². The van der Waals surface area contributed by atoms with Crippen LogP contribution in [0.2, 0.25) is 0 Å². The highest BCUT2D eigenvalue weighted by Crippen LogP contribution is 2.13. The molecule has 0 saturated carbocycles. The summed E-state index contributed by atoms with van der Waals surface area (Å²) in [6.07, 6.45) is 3.52. The fourth-order valence-corrected chi connectivity index (χ4v) is 1.79. The monoisotopic (exact) mass is 229 g/mol. The maximum absolute atomic E-state index is 12.0. The Kier molecular flexibility index (Phi) is 2.95. The van der Waals surface area contributed by atoms with Crippen LogP contribution in [0.4, 0.5) is 0 Å². The van der Waals surface area contributed by atoms with E-state index in [1.54, 1.807) is 10.5 Å². The summed E-state index contributed by atoms with van der Waals surface area (Å²) in [6, 6.07) is 3.91. The van der Waals surface area contributed by atoms with Crippen molar-refractivity contribution in [2.24, 2.45) is 0 Å². The number of hydrogen-bond acceptors (Lipinski definition) is 2. The highest BCUT2D eigenvalue weighted by atomic mass is 16.1. The quantitative estimate of drug-likeness (QED) is 0.817. The van der Waals surface area contributed by atoms with Crippen LogP contribution in [0.5, 0.6) is 0 Å². The molecule has 0 radical (unpaired) electrons. The summed E-state index contributed by atoms with van der Waals surface area (Å²) >= 11 is 0. The van der Waals surface area contributed by atoms with Crippen LogP contribution in [0.3, 0.4) is 0 Å². The van der Waals surface area contributed by atoms with Gasteiger partial charge < -0.3 is 5.32 Å². The number of carbonyl (C=O) groups is 1. The Bertz CT molecular complexity index is 584. The van der Waals surface area contributed by atoms with Crippen LogP contribution in [0.15, 0.2) is 31.0 Å². The summed E-state index contributed by atoms with van der Waals surface area (Å²) in [7, 11) is 0. The third-order valence-corrected chi connectivity index (χ3v) is 2.58. The molecule has 0 fully saturated rings. The standard InChI is InChI=1S/C13H15N3O/c1-4-6-14-13(17)12-10(3)15-11-8-9(2)5-7-16(11)12/h4-5,7-8H,1,6H2,2-3H3,(H,14,17). The van der Waals surface area contributed by atoms with Crippen LogP contribution in [0.25, 0.3) is 5.65 Å². The van der Waals surface area contributed by atoms with Gasteiger partial charge in [0.15, 0.2) is 0 Å². The van der Waals surface area contributed by atoms with Gasteiger partial charge in [-0.3, -0.25) is 9.20 Å². The Labute approximate surface area is 100.0 Å². The lowest BCUT2D eigenvalue weighted by Gasteiger charge is -2.03. The molecule has 2 aromatic heterocycles. The zero-order valence-electron chi connectivity index (χ0n) is 10.0. The minimum Gasteiger partial charge on any atom is -0.347 e. The molecule has 0 bridgehead atoms. The van der Waals surface area contributed by atoms with E-state index in [9.17, 15) is 4.79 Å². The first-order valence-electron chi connectivity index (χ1n) is 5.48. The molecular formula is C13H15N3O. The maximum Gasteiger partial charge on any atom is 0.270 e. The topological polar surface area (TPSA) is 46.4 Å². The Morgan fingerprint density at radius 2 is 2.35 bits per heavy atom. The normalized spacial score (nSPS) is 10.5. The Morgan fingerprint density at radius 1 is 1.59 bits per heavy atom. The van der Waals surface area contributed by atoms with Gasteiger partial charge in [-0.2, -0.15) is 0 Å². The van der Waals surface area contributed by atoms with Gasteiger partial charge in [-0.1, -0.05) is 6.08 Å². The molecule has 0 aliphatic rings. The van der Waals surface area contributed by atoms with E-state index >= 15 is 0 Å². The lowest BCUT2D eigenvalue weighted by Crippen LogP contribution is -2.25. The second kappa shape index (κ2) is 4.41. The molecule has 2 aromatic rings. The molecule has 4 heteroatoms. The number of fused-ring (bicyclic) bond motifs is 1. The van der Waals surface area contributed by atoms with Crippen LogP contribution < -0.4 is 5.32 Å². The molecule has 1 N–H and O–H groups in total. The van der Waals surface area contributed by atoms with Crippen molar-refractivity contribution in [1.82, 2.24) is 14.7 Å². The van der Waals surface area contributed by atoms with Crippen LogP contribution in [-0.2, 0) is 0 Å². The summed E-state index contributed by atoms with van der Waals surface area (Å²) < 4.78 is 1.81. The first-order valence-corrected chi connectivity index (χ1v) is 5.48. The minimum absolute atomic E-state index is 0.126. The molecule has 0 saturated heterocycles. The van der Waals surface area contributed by atoms with Gasteiger partial charge in [-0.05, 0) is 31.5 Å². The average Bonchev–Trinajstić information content (AvgIpc) is 2.61. The highest BCUT2D eigenvalue weighted by Gasteiger charge is 2.15. The van der Waals surface area contributed by atoms with Crippen molar-refractivity contribution in [3.63, 3.8) is 0 Å². The summed E-state index contributed by atoms with van der Waals surface area (Å²) in [5.41, 5.74) is 3.24. The Hall–Kier alpha value is -2.10. The molecule has 0 spiro atoms. The fourth-order valence-electron chi connectivity index (χ4n) is 1.79. The number of rotatable bonds is 3. The number of imidazole rings is 1. The van der Waals surface area contributed by atoms with Crippen LogP contribution in [-0.4, -0.2) is 21.8 Å². The van der Waals surface area contributed by atoms with Gasteiger partial charge in [0.2, 0.25) is 0 Å². The number of pyridine rings is 1. The van der Waals surface area contributed by atoms with Crippen LogP contribution in [0, 0.1) is 13.8 Å². The SMILES string of the molecule is C=CCNC(=O)c1c(C)nc2cc(C)ccn12. The third kappa shape index (κ3) is 2.06. The van der Waals surface area contributed by atoms with E-state index in [4.69, 9.17) is 0 Å². The summed E-state index contributed by atoms with van der Waals surface area (Å²) in [5, 5.41) is 2.76. The molecule has 88 valence electrons. The Balaban J connectivity index is 2.49. The number of nitrogens with one attached hydrogen (secondary N) is 1. The van der Waals surface area contributed by atoms with Crippen molar-refractivity contribution in [2.75, 3.05) is 6.54 Å². The van der Waals surface area contributed by atoms with Gasteiger partial charge in [0.25, 0.3) is 5.91 Å². The van der Waals surface area contributed by atoms with Gasteiger partial charge in [0.1, 0.15) is 11.3 Å². The molecule has 4 nitrogen and oxygen atoms in total. The van der Waals surface area contributed by atoms with Gasteiger partial charge in [-0.15, -0.1) is 6.58 Å². The summed E-state index contributed by atoms with van der Waals surface area (Å²) in [4.78, 5) is 16.3. The van der Waals surface area contributed by atoms with E-state index in [1.165, 1.54) is 0 Å². The molecule has 0 aliphatic heterocycles. The van der Waals surface area contributed by atoms with E-state index in [1.807, 2.05) is 32.2 Å². The molecule has 1 amide bonds. The van der Waals surface area contributed by atoms with Gasteiger partial charge >= 0.3 is 0 Å². The molecule has 0 aliphatic carbocycles. The number of aromatic nitrogens is 2. The zero-order chi connectivity index (χ0) is 12.4. The third-order valence-electron chi connectivity index (χ3n) is 2.58. The number of carbonyl (C=O) groups excluding carboxylic acids is 1. The molecular weight excluding hydrogens is 214 g/mol. The van der Waals surface area contributed by atoms with Gasteiger partial charge in [0.05, 0.1) is 5.69 Å². The van der Waals surface area contributed by atoms with Crippen molar-refractivity contribution < 1.29 is 4.79 Å². The van der Waals surface area contributed by atoms with E-state index in [-0.39, 0.29) is 5.91 Å². The average molecular weight is 229 g/mol. The lowest BCUT2D eigenvalue weighted by atomic mass is 10.3. The zero-order valence-corrected chi connectivity index (χ0v) is 10.0. The number of aryl methyl sites for hydroxylation is 2. The van der Waals surface area contributed by atoms with Crippen LogP contribution in [0.1, 0.15) is 21.7 Å². The van der Waals surface area contributed by atoms with Crippen molar-refractivity contribution in [3.05, 3.63) is 47.9 Å². The van der Waals surface area contributed by atoms with Gasteiger partial charge in [-0.25, -0.2) is 4.98 Å². The smallest absolute Gasteiger partial charge is 0.270 e. The summed E-state index contributed by atoms with van der Waals surface area (Å²) in [5.74, 6) is -0.126. The predicted octanol–water partition coefficient (Wildman–Crippen LogP) is 1.87. The van der Waals surface area contributed by atoms with Crippen LogP contribution >= 0.6 is 0 Å². The second-order valence-electron chi connectivity index (χ2n) is 3.98. The lowest BCUT2D eigenvalue weighted by molar-refractivity contribution is 0.0951. The number of hydrogen-bond donors (Lipinski definition) is 1. The van der Waals surface area contributed by atoms with Crippen molar-refractivity contribution >= 4 is 11.6 Å². The molecule has 0 unspecified atom stereocenters. The predicted molar refractivity (Wildman–Crippen MR) is 67.2 cm³/mol. The second-order valence-corrected chi connectivity index (χ2v) is 3.98. The number of nitrogens with zero attached hydrogens (tertiary/aromatic N) is 2. The molecule has 0 aromatic carbocycles. The fraction of sp³-hybridized carbons (Fsp3) is 0.231. The van der Waals surface area contributed by atoms with E-state index in [2.05, 4.69) is 16.9 Å². The first kappa shape index (κ1) is 11.4. The molecule has 2 rings (SSSR count). The van der Waals surface area contributed by atoms with Crippen molar-refractivity contribution in [1.29, 1.82) is 0 Å². The number of amides is 1. The molecule has 2 heterocycles. The summed E-state index contributed by atoms with van der Waals surface area (Å²) in [6.45, 7) is 7.87. The van der Waals surface area contributed by atoms with Gasteiger partial charge in [0, 0.05) is 12.7 Å². The minimum atomic E-state index is -0.126. The van der Waals surface area contributed by atoms with Crippen molar-refractivity contribution in [3.8, 4) is 0 Å². The maximum atomic E-state index is 12.0. The van der Waals surface area contributed by atoms with Crippen molar-refractivity contribution in [2.45, 2.75) is 13.8 Å². The molecule has 17 heavy (non-hydrogen) atoms. The highest BCUT2D eigenvalue weighted by molar-refractivity contribution is 5.94. The van der Waals surface area contributed by atoms with E-state index in [0.29, 0.717) is 12.2 Å². The first-order chi connectivity index (χ1) is 8.13. The molecule has 0 atom stereocenters. The largest absolute Gasteiger partial charge is 0.347 e. The van der Waals surface area contributed by atoms with E-state index in [0.717, 1.165) is 16.9 Å².